The van der Waals surface area contributed by atoms with Crippen molar-refractivity contribution in [3.05, 3.63) is 173 Å². The molecule has 7 aromatic carbocycles. The SMILES string of the molecule is Cc1cc(C(C)(C)C)cc(C)c1N1c2cccc3c2B(c2ccc(-c4cc5ccccc5s4)cc2N3c2ccc(C(C)(C)C)cc2-c2ccccc2)c2c1sc1ccc(C(C)(C)C)cc21. The predicted molar refractivity (Wildman–Crippen MR) is 288 cm³/mol. The molecule has 0 saturated heterocycles. The Morgan fingerprint density at radius 3 is 1.78 bits per heavy atom. The maximum absolute atomic E-state index is 2.65. The zero-order valence-electron chi connectivity index (χ0n) is 39.6. The van der Waals surface area contributed by atoms with Crippen molar-refractivity contribution < 1.29 is 0 Å². The molecule has 0 unspecified atom stereocenters. The van der Waals surface area contributed by atoms with Crippen molar-refractivity contribution in [2.75, 3.05) is 9.80 Å². The quantitative estimate of drug-likeness (QED) is 0.163. The van der Waals surface area contributed by atoms with E-state index < -0.39 is 0 Å². The number of fused-ring (bicyclic) bond motifs is 7. The maximum atomic E-state index is 2.65. The van der Waals surface area contributed by atoms with Crippen molar-refractivity contribution in [3.63, 3.8) is 0 Å². The van der Waals surface area contributed by atoms with Gasteiger partial charge in [-0.2, -0.15) is 0 Å². The fraction of sp³-hybridized carbons (Fsp3) is 0.233. The number of hydrogen-bond donors (Lipinski definition) is 0. The fourth-order valence-corrected chi connectivity index (χ4v) is 12.8. The molecular weight excluding hydrogens is 824 g/mol. The second-order valence-electron chi connectivity index (χ2n) is 21.6. The number of rotatable bonds is 4. The monoisotopic (exact) mass is 880 g/mol. The molecule has 0 bridgehead atoms. The molecule has 65 heavy (non-hydrogen) atoms. The molecule has 9 aromatic rings. The summed E-state index contributed by atoms with van der Waals surface area (Å²) in [5, 5.41) is 3.98. The zero-order valence-corrected chi connectivity index (χ0v) is 41.3. The van der Waals surface area contributed by atoms with Crippen molar-refractivity contribution in [2.45, 2.75) is 92.4 Å². The number of hydrogen-bond acceptors (Lipinski definition) is 4. The average molecular weight is 881 g/mol. The highest BCUT2D eigenvalue weighted by atomic mass is 32.1. The first-order valence-electron chi connectivity index (χ1n) is 23.2. The van der Waals surface area contributed by atoms with Crippen LogP contribution in [-0.4, -0.2) is 6.71 Å². The second kappa shape index (κ2) is 14.8. The summed E-state index contributed by atoms with van der Waals surface area (Å²) in [6.45, 7) is 25.6. The fourth-order valence-electron chi connectivity index (χ4n) is 10.5. The number of thiophene rings is 2. The van der Waals surface area contributed by atoms with E-state index in [0.29, 0.717) is 0 Å². The molecule has 322 valence electrons. The molecule has 2 nitrogen and oxygen atoms in total. The lowest BCUT2D eigenvalue weighted by atomic mass is 9.33. The number of aryl methyl sites for hydroxylation is 2. The van der Waals surface area contributed by atoms with E-state index in [2.05, 4.69) is 232 Å². The van der Waals surface area contributed by atoms with Gasteiger partial charge in [0.1, 0.15) is 0 Å². The van der Waals surface area contributed by atoms with Gasteiger partial charge in [-0.25, -0.2) is 0 Å². The van der Waals surface area contributed by atoms with Gasteiger partial charge in [-0.15, -0.1) is 22.7 Å². The van der Waals surface area contributed by atoms with Crippen molar-refractivity contribution in [2.24, 2.45) is 0 Å². The Morgan fingerprint density at radius 1 is 0.446 bits per heavy atom. The van der Waals surface area contributed by atoms with Crippen LogP contribution in [0.1, 0.15) is 90.1 Å². The van der Waals surface area contributed by atoms with Gasteiger partial charge in [0.25, 0.3) is 6.71 Å². The summed E-state index contributed by atoms with van der Waals surface area (Å²) in [5.41, 5.74) is 20.7. The topological polar surface area (TPSA) is 6.48 Å². The predicted octanol–water partition coefficient (Wildman–Crippen LogP) is 16.0. The van der Waals surface area contributed by atoms with Crippen LogP contribution in [0, 0.1) is 13.8 Å². The molecule has 0 saturated carbocycles. The van der Waals surface area contributed by atoms with Crippen LogP contribution in [0.5, 0.6) is 0 Å². The summed E-state index contributed by atoms with van der Waals surface area (Å²) in [7, 11) is 0. The van der Waals surface area contributed by atoms with Crippen LogP contribution in [0.25, 0.3) is 41.7 Å². The van der Waals surface area contributed by atoms with Crippen LogP contribution in [0.4, 0.5) is 33.4 Å². The lowest BCUT2D eigenvalue weighted by Gasteiger charge is -2.44. The average Bonchev–Trinajstić information content (AvgIpc) is 3.88. The molecule has 0 spiro atoms. The molecule has 2 aromatic heterocycles. The van der Waals surface area contributed by atoms with E-state index in [1.54, 1.807) is 0 Å². The normalized spacial score (nSPS) is 13.7. The van der Waals surface area contributed by atoms with Gasteiger partial charge < -0.3 is 9.80 Å². The maximum Gasteiger partial charge on any atom is 0.254 e. The Morgan fingerprint density at radius 2 is 1.09 bits per heavy atom. The highest BCUT2D eigenvalue weighted by molar-refractivity contribution is 7.26. The molecule has 2 aliphatic heterocycles. The first-order chi connectivity index (χ1) is 31.0. The Hall–Kier alpha value is -5.88. The Bertz CT molecular complexity index is 3310. The number of anilines is 6. The van der Waals surface area contributed by atoms with Gasteiger partial charge in [-0.05, 0) is 145 Å². The second-order valence-corrected chi connectivity index (χ2v) is 23.7. The summed E-state index contributed by atoms with van der Waals surface area (Å²) in [6.07, 6.45) is 0. The van der Waals surface area contributed by atoms with Crippen molar-refractivity contribution in [1.29, 1.82) is 0 Å². The van der Waals surface area contributed by atoms with Crippen LogP contribution >= 0.6 is 22.7 Å². The summed E-state index contributed by atoms with van der Waals surface area (Å²) in [5.74, 6) is 0. The molecule has 0 atom stereocenters. The van der Waals surface area contributed by atoms with Crippen molar-refractivity contribution >= 4 is 99.4 Å². The van der Waals surface area contributed by atoms with E-state index in [9.17, 15) is 0 Å². The summed E-state index contributed by atoms with van der Waals surface area (Å²) >= 11 is 3.84. The molecule has 0 radical (unpaired) electrons. The molecule has 0 fully saturated rings. The minimum Gasteiger partial charge on any atom is -0.311 e. The highest BCUT2D eigenvalue weighted by Crippen LogP contribution is 2.52. The molecule has 5 heteroatoms. The largest absolute Gasteiger partial charge is 0.311 e. The van der Waals surface area contributed by atoms with Gasteiger partial charge >= 0.3 is 0 Å². The van der Waals surface area contributed by atoms with Gasteiger partial charge in [0.05, 0.1) is 16.4 Å². The minimum absolute atomic E-state index is 0.00384. The van der Waals surface area contributed by atoms with E-state index in [4.69, 9.17) is 0 Å². The van der Waals surface area contributed by atoms with E-state index in [0.717, 1.165) is 0 Å². The smallest absolute Gasteiger partial charge is 0.254 e. The molecule has 0 N–H and O–H groups in total. The third kappa shape index (κ3) is 6.80. The lowest BCUT2D eigenvalue weighted by molar-refractivity contribution is 0.589. The van der Waals surface area contributed by atoms with Gasteiger partial charge in [0.15, 0.2) is 0 Å². The van der Waals surface area contributed by atoms with E-state index in [1.165, 1.54) is 119 Å². The number of benzene rings is 7. The van der Waals surface area contributed by atoms with Crippen LogP contribution in [-0.2, 0) is 16.2 Å². The van der Waals surface area contributed by atoms with Gasteiger partial charge in [0, 0.05) is 36.9 Å². The van der Waals surface area contributed by atoms with Crippen LogP contribution in [0.3, 0.4) is 0 Å². The van der Waals surface area contributed by atoms with Gasteiger partial charge in [-0.3, -0.25) is 0 Å². The summed E-state index contributed by atoms with van der Waals surface area (Å²) in [4.78, 5) is 6.56. The zero-order chi connectivity index (χ0) is 45.3. The number of nitrogens with zero attached hydrogens (tertiary/aromatic N) is 2. The third-order valence-electron chi connectivity index (χ3n) is 14.0. The molecular formula is C60H57BN2S2. The Labute approximate surface area is 394 Å². The molecule has 0 amide bonds. The standard InChI is InChI=1S/C60H57BN2S2/c1-36-30-43(60(9,10)11)31-37(2)56(36)63-49-22-17-21-48-55(49)61(54-45-35-42(59(6,7)8)26-29-52(45)65-57(54)63)46-27-24-40(53-33-39-20-15-16-23-51(39)64-53)32-50(46)62(48)47-28-25-41(58(3,4)5)34-44(47)38-18-13-12-14-19-38/h12-35H,1-11H3. The lowest BCUT2D eigenvalue weighted by Crippen LogP contribution is -2.61. The van der Waals surface area contributed by atoms with Crippen LogP contribution in [0.15, 0.2) is 146 Å². The van der Waals surface area contributed by atoms with Crippen molar-refractivity contribution in [3.8, 4) is 21.6 Å². The third-order valence-corrected chi connectivity index (χ3v) is 16.3. The molecule has 11 rings (SSSR count). The van der Waals surface area contributed by atoms with Crippen molar-refractivity contribution in [1.82, 2.24) is 0 Å². The molecule has 0 aliphatic carbocycles. The van der Waals surface area contributed by atoms with Crippen LogP contribution in [0.2, 0.25) is 0 Å². The van der Waals surface area contributed by atoms with E-state index in [-0.39, 0.29) is 23.0 Å². The highest BCUT2D eigenvalue weighted by Gasteiger charge is 2.46. The Balaban J connectivity index is 1.26. The van der Waals surface area contributed by atoms with Crippen LogP contribution < -0.4 is 26.2 Å². The molecule has 4 heterocycles. The van der Waals surface area contributed by atoms with Gasteiger partial charge in [-0.1, -0.05) is 159 Å². The molecule has 2 aliphatic rings. The summed E-state index contributed by atoms with van der Waals surface area (Å²) < 4.78 is 2.65. The first kappa shape index (κ1) is 41.8. The van der Waals surface area contributed by atoms with E-state index >= 15 is 0 Å². The van der Waals surface area contributed by atoms with E-state index in [1.807, 2.05) is 22.7 Å². The van der Waals surface area contributed by atoms with Gasteiger partial charge in [0.2, 0.25) is 0 Å². The summed E-state index contributed by atoms with van der Waals surface area (Å²) in [6, 6.07) is 56.1. The first-order valence-corrected chi connectivity index (χ1v) is 24.8. The Kier molecular flexibility index (Phi) is 9.53. The minimum atomic E-state index is -0.0195.